The van der Waals surface area contributed by atoms with E-state index in [1.54, 1.807) is 26.2 Å². The zero-order valence-electron chi connectivity index (χ0n) is 15.2. The predicted molar refractivity (Wildman–Crippen MR) is 107 cm³/mol. The molecule has 0 bridgehead atoms. The molecule has 0 unspecified atom stereocenters. The number of methoxy groups -OCH3 is 1. The van der Waals surface area contributed by atoms with E-state index < -0.39 is 9.84 Å². The molecule has 2 heterocycles. The second-order valence-corrected chi connectivity index (χ2v) is 9.76. The minimum Gasteiger partial charge on any atom is -0.495 e. The Morgan fingerprint density at radius 2 is 1.92 bits per heavy atom. The van der Waals surface area contributed by atoms with E-state index in [1.807, 2.05) is 6.07 Å². The normalized spacial score (nSPS) is 16.0. The summed E-state index contributed by atoms with van der Waals surface area (Å²) in [6, 6.07) is 7.36. The largest absolute Gasteiger partial charge is 0.495 e. The zero-order valence-corrected chi connectivity index (χ0v) is 17.6. The van der Waals surface area contributed by atoms with E-state index in [2.05, 4.69) is 31.9 Å². The topological polar surface area (TPSA) is 62.4 Å². The zero-order chi connectivity index (χ0) is 18.7. The molecule has 1 saturated heterocycles. The minimum absolute atomic E-state index is 0.0656. The van der Waals surface area contributed by atoms with Crippen LogP contribution in [-0.4, -0.2) is 44.3 Å². The Bertz CT molecular complexity index is 871. The summed E-state index contributed by atoms with van der Waals surface area (Å²) in [5, 5.41) is 0. The van der Waals surface area contributed by atoms with Crippen LogP contribution in [0.4, 0.5) is 0 Å². The average Bonchev–Trinajstić information content (AvgIpc) is 3.10. The molecule has 5 nitrogen and oxygen atoms in total. The van der Waals surface area contributed by atoms with Crippen molar-refractivity contribution in [1.82, 2.24) is 9.88 Å². The molecule has 142 valence electrons. The molecule has 2 aromatic rings. The highest BCUT2D eigenvalue weighted by Crippen LogP contribution is 2.38. The monoisotopic (exact) mass is 440 g/mol. The summed E-state index contributed by atoms with van der Waals surface area (Å²) in [4.78, 5) is 6.19. The van der Waals surface area contributed by atoms with E-state index in [9.17, 15) is 8.42 Å². The Morgan fingerprint density at radius 3 is 2.58 bits per heavy atom. The average molecular weight is 441 g/mol. The smallest absolute Gasteiger partial charge is 0.178 e. The van der Waals surface area contributed by atoms with E-state index >= 15 is 0 Å². The Kier molecular flexibility index (Phi) is 6.10. The molecule has 1 aromatic heterocycles. The highest BCUT2D eigenvalue weighted by atomic mass is 79.9. The van der Waals surface area contributed by atoms with E-state index in [-0.39, 0.29) is 5.75 Å². The van der Waals surface area contributed by atoms with Crippen LogP contribution in [0.5, 0.6) is 5.75 Å². The third-order valence-corrected chi connectivity index (χ3v) is 7.14. The lowest BCUT2D eigenvalue weighted by molar-refractivity contribution is 0.219. The van der Waals surface area contributed by atoms with Gasteiger partial charge in [-0.3, -0.25) is 4.90 Å². The molecule has 7 heteroatoms. The van der Waals surface area contributed by atoms with Crippen LogP contribution in [0.15, 0.2) is 33.6 Å². The number of nitrogens with one attached hydrogen (secondary N) is 1. The maximum atomic E-state index is 12.3. The van der Waals surface area contributed by atoms with E-state index in [4.69, 9.17) is 4.74 Å². The van der Waals surface area contributed by atoms with Gasteiger partial charge in [0.1, 0.15) is 5.75 Å². The van der Waals surface area contributed by atoms with Crippen LogP contribution in [0.25, 0.3) is 11.3 Å². The second kappa shape index (κ2) is 8.15. The van der Waals surface area contributed by atoms with Crippen LogP contribution in [-0.2, 0) is 16.4 Å². The van der Waals surface area contributed by atoms with Gasteiger partial charge in [0.2, 0.25) is 0 Å². The second-order valence-electron chi connectivity index (χ2n) is 6.62. The molecule has 0 saturated carbocycles. The fourth-order valence-corrected chi connectivity index (χ4v) is 5.07. The standard InChI is InChI=1S/C19H25BrN2O3S/c1-3-26(23,24)15-11-16(19(25-2)17(20)12-15)18-8-7-14(21-18)13-22-9-5-4-6-10-22/h7-8,11-12,21H,3-6,9-10,13H2,1-2H3. The van der Waals surface area contributed by atoms with Gasteiger partial charge < -0.3 is 9.72 Å². The molecule has 1 aliphatic heterocycles. The molecular formula is C19H25BrN2O3S. The van der Waals surface area contributed by atoms with Crippen LogP contribution in [0, 0.1) is 0 Å². The van der Waals surface area contributed by atoms with Gasteiger partial charge in [-0.2, -0.15) is 0 Å². The van der Waals surface area contributed by atoms with E-state index in [1.165, 1.54) is 19.3 Å². The van der Waals surface area contributed by atoms with E-state index in [0.29, 0.717) is 15.1 Å². The molecule has 3 rings (SSSR count). The first-order chi connectivity index (χ1) is 12.4. The van der Waals surface area contributed by atoms with Crippen molar-refractivity contribution in [3.05, 3.63) is 34.4 Å². The van der Waals surface area contributed by atoms with Gasteiger partial charge in [0.25, 0.3) is 0 Å². The van der Waals surface area contributed by atoms with Gasteiger partial charge in [-0.1, -0.05) is 13.3 Å². The van der Waals surface area contributed by atoms with Crippen molar-refractivity contribution in [2.24, 2.45) is 0 Å². The van der Waals surface area contributed by atoms with Gasteiger partial charge in [-0.25, -0.2) is 8.42 Å². The predicted octanol–water partition coefficient (Wildman–Crippen LogP) is 4.23. The number of piperidine rings is 1. The van der Waals surface area contributed by atoms with Crippen LogP contribution < -0.4 is 4.74 Å². The SMILES string of the molecule is CCS(=O)(=O)c1cc(Br)c(OC)c(-c2ccc(CN3CCCCC3)[nH]2)c1. The Labute approximate surface area is 163 Å². The van der Waals surface area contributed by atoms with Crippen molar-refractivity contribution in [3.8, 4) is 17.0 Å². The van der Waals surface area contributed by atoms with Gasteiger partial charge in [-0.05, 0) is 66.1 Å². The lowest BCUT2D eigenvalue weighted by Gasteiger charge is -2.25. The number of hydrogen-bond acceptors (Lipinski definition) is 4. The first-order valence-corrected chi connectivity index (χ1v) is 11.4. The van der Waals surface area contributed by atoms with Crippen molar-refractivity contribution in [2.45, 2.75) is 37.6 Å². The Morgan fingerprint density at radius 1 is 1.19 bits per heavy atom. The number of nitrogens with zero attached hydrogens (tertiary/aromatic N) is 1. The highest BCUT2D eigenvalue weighted by Gasteiger charge is 2.20. The molecule has 0 atom stereocenters. The lowest BCUT2D eigenvalue weighted by atomic mass is 10.1. The van der Waals surface area contributed by atoms with Crippen LogP contribution >= 0.6 is 15.9 Å². The van der Waals surface area contributed by atoms with Crippen molar-refractivity contribution in [1.29, 1.82) is 0 Å². The minimum atomic E-state index is -3.30. The van der Waals surface area contributed by atoms with Gasteiger partial charge >= 0.3 is 0 Å². The van der Waals surface area contributed by atoms with Gasteiger partial charge in [0, 0.05) is 23.5 Å². The first-order valence-electron chi connectivity index (χ1n) is 8.95. The third-order valence-electron chi connectivity index (χ3n) is 4.84. The molecule has 0 radical (unpaired) electrons. The summed E-state index contributed by atoms with van der Waals surface area (Å²) in [5.74, 6) is 0.697. The molecule has 1 fully saturated rings. The van der Waals surface area contributed by atoms with Crippen molar-refractivity contribution < 1.29 is 13.2 Å². The number of likely N-dealkylation sites (tertiary alicyclic amines) is 1. The Balaban J connectivity index is 1.95. The number of aromatic nitrogens is 1. The number of sulfone groups is 1. The number of ether oxygens (including phenoxy) is 1. The Hall–Kier alpha value is -1.31. The third kappa shape index (κ3) is 4.15. The number of hydrogen-bond donors (Lipinski definition) is 1. The fourth-order valence-electron chi connectivity index (χ4n) is 3.37. The molecule has 1 aromatic carbocycles. The number of rotatable bonds is 6. The van der Waals surface area contributed by atoms with Crippen LogP contribution in [0.2, 0.25) is 0 Å². The number of benzene rings is 1. The quantitative estimate of drug-likeness (QED) is 0.729. The molecule has 1 N–H and O–H groups in total. The van der Waals surface area contributed by atoms with Crippen LogP contribution in [0.3, 0.4) is 0 Å². The van der Waals surface area contributed by atoms with Gasteiger partial charge in [-0.15, -0.1) is 0 Å². The summed E-state index contributed by atoms with van der Waals surface area (Å²) >= 11 is 3.45. The molecule has 26 heavy (non-hydrogen) atoms. The number of halogens is 1. The molecule has 0 amide bonds. The summed E-state index contributed by atoms with van der Waals surface area (Å²) in [7, 11) is -1.71. The van der Waals surface area contributed by atoms with Gasteiger partial charge in [0.05, 0.1) is 22.2 Å². The molecule has 0 spiro atoms. The van der Waals surface area contributed by atoms with Gasteiger partial charge in [0.15, 0.2) is 9.84 Å². The molecular weight excluding hydrogens is 416 g/mol. The maximum absolute atomic E-state index is 12.3. The molecule has 1 aliphatic rings. The summed E-state index contributed by atoms with van der Waals surface area (Å²) in [6.07, 6.45) is 3.83. The summed E-state index contributed by atoms with van der Waals surface area (Å²) < 4.78 is 30.8. The van der Waals surface area contributed by atoms with Crippen molar-refractivity contribution >= 4 is 25.8 Å². The summed E-state index contributed by atoms with van der Waals surface area (Å²) in [5.41, 5.74) is 2.74. The van der Waals surface area contributed by atoms with Crippen molar-refractivity contribution in [2.75, 3.05) is 26.0 Å². The fraction of sp³-hybridized carbons (Fsp3) is 0.474. The maximum Gasteiger partial charge on any atom is 0.178 e. The summed E-state index contributed by atoms with van der Waals surface area (Å²) in [6.45, 7) is 4.80. The van der Waals surface area contributed by atoms with Crippen LogP contribution in [0.1, 0.15) is 31.9 Å². The first kappa shape index (κ1) is 19.5. The number of H-pyrrole nitrogens is 1. The molecule has 0 aliphatic carbocycles. The van der Waals surface area contributed by atoms with Crippen molar-refractivity contribution in [3.63, 3.8) is 0 Å². The van der Waals surface area contributed by atoms with E-state index in [0.717, 1.165) is 36.6 Å². The lowest BCUT2D eigenvalue weighted by Crippen LogP contribution is -2.29. The number of aromatic amines is 1. The highest BCUT2D eigenvalue weighted by molar-refractivity contribution is 9.10.